The molecule has 1 aliphatic rings. The molecule has 1 N–H and O–H groups in total. The number of fused-ring (bicyclic) bond motifs is 2. The number of carbonyl (C=O) groups is 1. The van der Waals surface area contributed by atoms with E-state index in [4.69, 9.17) is 0 Å². The van der Waals surface area contributed by atoms with Crippen LogP contribution >= 0.6 is 0 Å². The number of hydrogen-bond acceptors (Lipinski definition) is 3. The summed E-state index contributed by atoms with van der Waals surface area (Å²) in [5.41, 5.74) is -2.21. The predicted octanol–water partition coefficient (Wildman–Crippen LogP) is -0.653. The van der Waals surface area contributed by atoms with Crippen molar-refractivity contribution >= 4 is 28.2 Å². The van der Waals surface area contributed by atoms with Crippen LogP contribution in [0.5, 0.6) is 0 Å². The Labute approximate surface area is 147 Å². The first-order valence-corrected chi connectivity index (χ1v) is 6.80. The van der Waals surface area contributed by atoms with Gasteiger partial charge in [0.15, 0.2) is 0 Å². The van der Waals surface area contributed by atoms with E-state index < -0.39 is 22.8 Å². The zero-order valence-electron chi connectivity index (χ0n) is 13.6. The number of amides is 1. The molecule has 0 aliphatic carbocycles. The van der Waals surface area contributed by atoms with Crippen LogP contribution in [0.15, 0.2) is 23.0 Å². The maximum absolute atomic E-state index is 13.2. The van der Waals surface area contributed by atoms with Gasteiger partial charge in [-0.25, -0.2) is 0 Å². The van der Waals surface area contributed by atoms with E-state index in [1.165, 1.54) is 24.1 Å². The minimum absolute atomic E-state index is 0. The smallest absolute Gasteiger partial charge is 0.623 e. The Balaban J connectivity index is 0.00000208. The van der Waals surface area contributed by atoms with E-state index >= 15 is 0 Å². The van der Waals surface area contributed by atoms with Gasteiger partial charge in [0.05, 0.1) is 22.5 Å². The molecular weight excluding hydrogens is 318 g/mol. The van der Waals surface area contributed by atoms with Crippen LogP contribution in [0.3, 0.4) is 0 Å². The molecule has 1 aromatic heterocycles. The number of hydrogen-bond donors (Lipinski definition) is 1. The van der Waals surface area contributed by atoms with Crippen LogP contribution in [0.4, 0.5) is 24.5 Å². The fraction of sp³-hybridized carbons (Fsp3) is 0.333. The van der Waals surface area contributed by atoms with Crippen molar-refractivity contribution in [2.24, 2.45) is 0 Å². The number of benzene rings is 1. The molecule has 0 saturated carbocycles. The molecule has 9 heteroatoms. The van der Waals surface area contributed by atoms with Crippen molar-refractivity contribution in [1.82, 2.24) is 4.98 Å². The average molecular weight is 331 g/mol. The van der Waals surface area contributed by atoms with Gasteiger partial charge in [-0.2, -0.15) is 13.2 Å². The van der Waals surface area contributed by atoms with E-state index in [1.54, 1.807) is 13.8 Å². The van der Waals surface area contributed by atoms with Crippen LogP contribution in [0.25, 0.3) is 10.9 Å². The Hall–Kier alpha value is -1.91. The number of likely N-dealkylation sites (N-methyl/N-ethyl adjacent to an activating group) is 1. The fourth-order valence-electron chi connectivity index (χ4n) is 2.77. The largest absolute Gasteiger partial charge is 1.00 e. The monoisotopic (exact) mass is 331 g/mol. The zero-order valence-corrected chi connectivity index (χ0v) is 13.6. The summed E-state index contributed by atoms with van der Waals surface area (Å²) in [6.45, 7) is 3.33. The summed E-state index contributed by atoms with van der Waals surface area (Å²) < 4.78 is 39.5. The number of halogens is 3. The standard InChI is InChI=1S/C15H14F3N3O2.Li/c1-14(2)13(23)21(3)11-4-7-8(15(16,17)18)5-12(22)19-9(7)6-10(11)20-14;/h4-6H,1-3H3,(H2,19,20,22);/q;+1/p-1. The summed E-state index contributed by atoms with van der Waals surface area (Å²) in [6.07, 6.45) is -4.68. The number of nitrogens with zero attached hydrogens (tertiary/aromatic N) is 2. The van der Waals surface area contributed by atoms with E-state index in [9.17, 15) is 22.8 Å². The van der Waals surface area contributed by atoms with Crippen LogP contribution in [0.2, 0.25) is 0 Å². The molecule has 0 saturated heterocycles. The number of anilines is 2. The third-order valence-corrected chi connectivity index (χ3v) is 3.86. The first-order chi connectivity index (χ1) is 10.5. The third kappa shape index (κ3) is 2.80. The van der Waals surface area contributed by atoms with Crippen molar-refractivity contribution in [1.29, 1.82) is 0 Å². The van der Waals surface area contributed by atoms with Crippen molar-refractivity contribution in [3.63, 3.8) is 0 Å². The average Bonchev–Trinajstić information content (AvgIpc) is 2.41. The van der Waals surface area contributed by atoms with Crippen LogP contribution < -0.4 is 39.6 Å². The number of pyridine rings is 1. The molecule has 1 aliphatic heterocycles. The second kappa shape index (κ2) is 5.57. The summed E-state index contributed by atoms with van der Waals surface area (Å²) in [5.74, 6) is -0.272. The van der Waals surface area contributed by atoms with Crippen molar-refractivity contribution in [2.75, 3.05) is 17.3 Å². The molecular formula is C15H13F3LiN3O2. The van der Waals surface area contributed by atoms with Crippen LogP contribution in [-0.4, -0.2) is 18.5 Å². The van der Waals surface area contributed by atoms with Gasteiger partial charge in [-0.1, -0.05) is 6.07 Å². The number of aromatic nitrogens is 1. The Morgan fingerprint density at radius 3 is 2.38 bits per heavy atom. The Morgan fingerprint density at radius 2 is 1.79 bits per heavy atom. The van der Waals surface area contributed by atoms with Crippen molar-refractivity contribution in [3.05, 3.63) is 34.1 Å². The van der Waals surface area contributed by atoms with Crippen molar-refractivity contribution in [2.45, 2.75) is 25.6 Å². The second-order valence-corrected chi connectivity index (χ2v) is 6.01. The first-order valence-electron chi connectivity index (χ1n) is 6.80. The van der Waals surface area contributed by atoms with Gasteiger partial charge >= 0.3 is 25.0 Å². The van der Waals surface area contributed by atoms with E-state index in [0.717, 1.165) is 0 Å². The predicted molar refractivity (Wildman–Crippen MR) is 79.7 cm³/mol. The Kier molecular flexibility index (Phi) is 4.28. The normalized spacial score (nSPS) is 16.4. The molecule has 3 rings (SSSR count). The zero-order chi connectivity index (χ0) is 17.2. The number of nitrogens with one attached hydrogen (secondary N) is 1. The molecule has 1 aromatic carbocycles. The van der Waals surface area contributed by atoms with Crippen LogP contribution in [-0.2, 0) is 11.0 Å². The van der Waals surface area contributed by atoms with Gasteiger partial charge in [0.25, 0.3) is 5.91 Å². The topological polar surface area (TPSA) is 63.5 Å². The van der Waals surface area contributed by atoms with E-state index in [2.05, 4.69) is 10.3 Å². The quantitative estimate of drug-likeness (QED) is 0.652. The molecule has 0 atom stereocenters. The molecule has 2 aromatic rings. The summed E-state index contributed by atoms with van der Waals surface area (Å²) >= 11 is 0. The minimum Gasteiger partial charge on any atom is -0.623 e. The van der Waals surface area contributed by atoms with Gasteiger partial charge in [0.2, 0.25) is 0 Å². The molecule has 0 bridgehead atoms. The molecule has 2 heterocycles. The van der Waals surface area contributed by atoms with E-state index in [1.807, 2.05) is 0 Å². The van der Waals surface area contributed by atoms with E-state index in [0.29, 0.717) is 17.4 Å². The maximum atomic E-state index is 13.2. The first kappa shape index (κ1) is 18.4. The van der Waals surface area contributed by atoms with Crippen LogP contribution in [0, 0.1) is 0 Å². The van der Waals surface area contributed by atoms with Gasteiger partial charge < -0.3 is 20.0 Å². The van der Waals surface area contributed by atoms with Gasteiger partial charge in [-0.05, 0) is 31.4 Å². The molecule has 5 nitrogen and oxygen atoms in total. The Morgan fingerprint density at radius 1 is 1.17 bits per heavy atom. The second-order valence-electron chi connectivity index (χ2n) is 6.01. The van der Waals surface area contributed by atoms with Gasteiger partial charge in [0, 0.05) is 7.05 Å². The molecule has 0 unspecified atom stereocenters. The van der Waals surface area contributed by atoms with Crippen molar-refractivity contribution < 1.29 is 36.8 Å². The summed E-state index contributed by atoms with van der Waals surface area (Å²) in [4.78, 5) is 28.7. The molecule has 24 heavy (non-hydrogen) atoms. The molecule has 0 radical (unpaired) electrons. The minimum atomic E-state index is -4.68. The molecule has 0 spiro atoms. The molecule has 1 amide bonds. The molecule has 122 valence electrons. The van der Waals surface area contributed by atoms with Gasteiger partial charge in [0.1, 0.15) is 5.54 Å². The van der Waals surface area contributed by atoms with Gasteiger partial charge in [-0.15, -0.1) is 5.52 Å². The summed E-state index contributed by atoms with van der Waals surface area (Å²) in [5, 5.41) is 2.76. The maximum Gasteiger partial charge on any atom is 1.00 e. The molecule has 0 fully saturated rings. The third-order valence-electron chi connectivity index (χ3n) is 3.86. The number of alkyl halides is 3. The fourth-order valence-corrected chi connectivity index (χ4v) is 2.77. The van der Waals surface area contributed by atoms with Crippen LogP contribution in [0.1, 0.15) is 19.4 Å². The van der Waals surface area contributed by atoms with Gasteiger partial charge in [-0.3, -0.25) is 4.79 Å². The summed E-state index contributed by atoms with van der Waals surface area (Å²) in [6, 6.07) is 3.07. The summed E-state index contributed by atoms with van der Waals surface area (Å²) in [7, 11) is 1.50. The number of rotatable bonds is 0. The van der Waals surface area contributed by atoms with E-state index in [-0.39, 0.29) is 35.7 Å². The SMILES string of the molecule is CN1C(=O)C(C)(C)Nc2cc3[n-]c(=O)cc(C(F)(F)F)c3cc21.[Li+]. The number of carbonyl (C=O) groups excluding carboxylic acids is 1. The Bertz CT molecular complexity index is 890. The van der Waals surface area contributed by atoms with Crippen molar-refractivity contribution in [3.8, 4) is 0 Å².